The topological polar surface area (TPSA) is 80.9 Å². The van der Waals surface area contributed by atoms with E-state index < -0.39 is 0 Å². The van der Waals surface area contributed by atoms with Gasteiger partial charge in [-0.05, 0) is 37.1 Å². The summed E-state index contributed by atoms with van der Waals surface area (Å²) in [6.45, 7) is 3.96. The number of hydrogen-bond donors (Lipinski definition) is 2. The van der Waals surface area contributed by atoms with Gasteiger partial charge in [0.2, 0.25) is 10.1 Å². The van der Waals surface area contributed by atoms with E-state index in [1.165, 1.54) is 0 Å². The Morgan fingerprint density at radius 2 is 1.88 bits per heavy atom. The maximum atomic E-state index is 11.8. The fourth-order valence-electron chi connectivity index (χ4n) is 1.56. The molecule has 0 aliphatic rings. The van der Waals surface area contributed by atoms with Gasteiger partial charge in [-0.15, -0.1) is 10.2 Å². The number of anilines is 2. The van der Waals surface area contributed by atoms with E-state index in [1.54, 1.807) is 0 Å². The molecule has 17 heavy (non-hydrogen) atoms. The van der Waals surface area contributed by atoms with E-state index >= 15 is 0 Å². The van der Waals surface area contributed by atoms with Crippen LogP contribution in [0.1, 0.15) is 20.9 Å². The lowest BCUT2D eigenvalue weighted by molar-refractivity contribution is 0.102. The molecule has 0 radical (unpaired) electrons. The highest BCUT2D eigenvalue weighted by Gasteiger charge is 2.11. The predicted octanol–water partition coefficient (Wildman–Crippen LogP) is 1.99. The van der Waals surface area contributed by atoms with Crippen molar-refractivity contribution in [1.29, 1.82) is 0 Å². The van der Waals surface area contributed by atoms with Crippen LogP contribution in [-0.4, -0.2) is 16.1 Å². The molecule has 1 aromatic carbocycles. The molecule has 2 aromatic rings. The summed E-state index contributed by atoms with van der Waals surface area (Å²) >= 11 is 1.07. The third-order valence-electron chi connectivity index (χ3n) is 2.11. The molecular weight excluding hydrogens is 236 g/mol. The molecule has 0 fully saturated rings. The minimum atomic E-state index is -0.288. The molecule has 1 amide bonds. The summed E-state index contributed by atoms with van der Waals surface area (Å²) < 4.78 is 0. The Bertz CT molecular complexity index is 544. The van der Waals surface area contributed by atoms with Gasteiger partial charge in [0.25, 0.3) is 5.91 Å². The number of hydrogen-bond acceptors (Lipinski definition) is 5. The number of nitrogen functional groups attached to an aromatic ring is 1. The zero-order chi connectivity index (χ0) is 12.4. The molecule has 6 heteroatoms. The zero-order valence-electron chi connectivity index (χ0n) is 9.52. The first-order valence-electron chi connectivity index (χ1n) is 5.03. The number of amides is 1. The van der Waals surface area contributed by atoms with Crippen molar-refractivity contribution in [3.05, 3.63) is 34.3 Å². The number of nitrogens with one attached hydrogen (secondary N) is 1. The normalized spacial score (nSPS) is 10.2. The summed E-state index contributed by atoms with van der Waals surface area (Å²) in [5.41, 5.74) is 8.36. The first-order valence-corrected chi connectivity index (χ1v) is 5.85. The predicted molar refractivity (Wildman–Crippen MR) is 68.2 cm³/mol. The van der Waals surface area contributed by atoms with E-state index in [1.807, 2.05) is 32.0 Å². The lowest BCUT2D eigenvalue weighted by atomic mass is 10.1. The number of rotatable bonds is 2. The van der Waals surface area contributed by atoms with Crippen molar-refractivity contribution in [2.45, 2.75) is 13.8 Å². The molecule has 1 heterocycles. The molecule has 5 nitrogen and oxygen atoms in total. The second kappa shape index (κ2) is 4.50. The van der Waals surface area contributed by atoms with Gasteiger partial charge in [-0.1, -0.05) is 17.4 Å². The van der Waals surface area contributed by atoms with Gasteiger partial charge in [-0.2, -0.15) is 0 Å². The van der Waals surface area contributed by atoms with Crippen LogP contribution in [0.2, 0.25) is 0 Å². The Balaban J connectivity index is 2.18. The van der Waals surface area contributed by atoms with Crippen molar-refractivity contribution in [1.82, 2.24) is 10.2 Å². The monoisotopic (exact) mass is 248 g/mol. The summed E-state index contributed by atoms with van der Waals surface area (Å²) in [6.07, 6.45) is 0. The van der Waals surface area contributed by atoms with Gasteiger partial charge in [0.1, 0.15) is 0 Å². The van der Waals surface area contributed by atoms with Crippen LogP contribution in [0.3, 0.4) is 0 Å². The van der Waals surface area contributed by atoms with Crippen LogP contribution < -0.4 is 11.1 Å². The first-order chi connectivity index (χ1) is 8.04. The van der Waals surface area contributed by atoms with E-state index in [2.05, 4.69) is 15.5 Å². The fourth-order valence-corrected chi connectivity index (χ4v) is 2.06. The second-order valence-corrected chi connectivity index (χ2v) is 4.79. The Hall–Kier alpha value is -1.95. The third-order valence-corrected chi connectivity index (χ3v) is 2.87. The highest BCUT2D eigenvalue weighted by molar-refractivity contribution is 7.16. The van der Waals surface area contributed by atoms with Gasteiger partial charge in [0.05, 0.1) is 0 Å². The summed E-state index contributed by atoms with van der Waals surface area (Å²) in [5.74, 6) is -0.288. The minimum absolute atomic E-state index is 0.265. The number of nitrogens with zero attached hydrogens (tertiary/aromatic N) is 2. The van der Waals surface area contributed by atoms with Gasteiger partial charge in [-0.3, -0.25) is 4.79 Å². The van der Waals surface area contributed by atoms with E-state index in [-0.39, 0.29) is 16.0 Å². The molecule has 0 bridgehead atoms. The Morgan fingerprint density at radius 3 is 2.41 bits per heavy atom. The van der Waals surface area contributed by atoms with Crippen LogP contribution >= 0.6 is 11.3 Å². The number of benzene rings is 1. The lowest BCUT2D eigenvalue weighted by Gasteiger charge is -2.05. The summed E-state index contributed by atoms with van der Waals surface area (Å²) in [7, 11) is 0. The van der Waals surface area contributed by atoms with E-state index in [0.717, 1.165) is 28.2 Å². The van der Waals surface area contributed by atoms with Crippen molar-refractivity contribution in [3.8, 4) is 0 Å². The van der Waals surface area contributed by atoms with Crippen LogP contribution in [0, 0.1) is 13.8 Å². The summed E-state index contributed by atoms with van der Waals surface area (Å²) in [4.78, 5) is 11.8. The van der Waals surface area contributed by atoms with Gasteiger partial charge >= 0.3 is 0 Å². The quantitative estimate of drug-likeness (QED) is 0.851. The highest BCUT2D eigenvalue weighted by Crippen LogP contribution is 2.16. The van der Waals surface area contributed by atoms with Gasteiger partial charge in [0, 0.05) is 5.69 Å². The second-order valence-electron chi connectivity index (χ2n) is 3.78. The number of nitrogens with two attached hydrogens (primary N) is 1. The Kier molecular flexibility index (Phi) is 3.06. The van der Waals surface area contributed by atoms with Crippen LogP contribution in [-0.2, 0) is 0 Å². The maximum absolute atomic E-state index is 11.8. The average molecular weight is 248 g/mol. The number of carbonyl (C=O) groups is 1. The number of carbonyl (C=O) groups excluding carboxylic acids is 1. The van der Waals surface area contributed by atoms with Gasteiger partial charge in [-0.25, -0.2) is 0 Å². The van der Waals surface area contributed by atoms with Crippen molar-refractivity contribution < 1.29 is 4.79 Å². The Labute approximate surface area is 103 Å². The third kappa shape index (κ3) is 2.79. The maximum Gasteiger partial charge on any atom is 0.286 e. The molecule has 3 N–H and O–H groups in total. The smallest absolute Gasteiger partial charge is 0.286 e. The van der Waals surface area contributed by atoms with Gasteiger partial charge in [0.15, 0.2) is 0 Å². The van der Waals surface area contributed by atoms with Crippen LogP contribution in [0.4, 0.5) is 10.8 Å². The average Bonchev–Trinajstić information content (AvgIpc) is 2.63. The molecule has 88 valence electrons. The molecule has 0 atom stereocenters. The highest BCUT2D eigenvalue weighted by atomic mass is 32.1. The number of aromatic nitrogens is 2. The van der Waals surface area contributed by atoms with E-state index in [4.69, 9.17) is 5.73 Å². The fraction of sp³-hybridized carbons (Fsp3) is 0.182. The van der Waals surface area contributed by atoms with Crippen molar-refractivity contribution in [3.63, 3.8) is 0 Å². The minimum Gasteiger partial charge on any atom is -0.374 e. The van der Waals surface area contributed by atoms with Crippen molar-refractivity contribution in [2.24, 2.45) is 0 Å². The van der Waals surface area contributed by atoms with Crippen LogP contribution in [0.25, 0.3) is 0 Å². The van der Waals surface area contributed by atoms with Gasteiger partial charge < -0.3 is 11.1 Å². The molecule has 0 aliphatic heterocycles. The first kappa shape index (κ1) is 11.5. The SMILES string of the molecule is Cc1cc(C)cc(NC(=O)c2nnc(N)s2)c1. The van der Waals surface area contributed by atoms with E-state index in [9.17, 15) is 4.79 Å². The summed E-state index contributed by atoms with van der Waals surface area (Å²) in [6, 6.07) is 5.84. The Morgan fingerprint density at radius 1 is 1.24 bits per heavy atom. The molecule has 1 aromatic heterocycles. The van der Waals surface area contributed by atoms with E-state index in [0.29, 0.717) is 0 Å². The molecule has 0 unspecified atom stereocenters. The lowest BCUT2D eigenvalue weighted by Crippen LogP contribution is -2.11. The molecular formula is C11H12N4OS. The molecule has 0 spiro atoms. The molecule has 2 rings (SSSR count). The van der Waals surface area contributed by atoms with Crippen LogP contribution in [0.5, 0.6) is 0 Å². The van der Waals surface area contributed by atoms with Crippen LogP contribution in [0.15, 0.2) is 18.2 Å². The molecule has 0 saturated carbocycles. The number of aryl methyl sites for hydroxylation is 2. The molecule has 0 aliphatic carbocycles. The van der Waals surface area contributed by atoms with Crippen molar-refractivity contribution >= 4 is 28.1 Å². The largest absolute Gasteiger partial charge is 0.374 e. The standard InChI is InChI=1S/C11H12N4OS/c1-6-3-7(2)5-8(4-6)13-9(16)10-14-15-11(12)17-10/h3-5H,1-2H3,(H2,12,15)(H,13,16). The molecule has 0 saturated heterocycles. The zero-order valence-corrected chi connectivity index (χ0v) is 10.3. The summed E-state index contributed by atoms with van der Waals surface area (Å²) in [5, 5.41) is 10.6. The van der Waals surface area contributed by atoms with Crippen molar-refractivity contribution in [2.75, 3.05) is 11.1 Å².